The van der Waals surface area contributed by atoms with Crippen LogP contribution in [0.3, 0.4) is 0 Å². The maximum atomic E-state index is 9.36. The van der Waals surface area contributed by atoms with Crippen molar-refractivity contribution in [1.29, 1.82) is 0 Å². The Morgan fingerprint density at radius 2 is 2.21 bits per heavy atom. The standard InChI is InChI=1S/C8H12Cl3NO2/c9-8(10,11)6-12-3-1-2-7(12,4-13)5-14-6/h6,13H,1-5H2/t6-,7-/m1/s1. The van der Waals surface area contributed by atoms with Gasteiger partial charge in [-0.15, -0.1) is 0 Å². The van der Waals surface area contributed by atoms with Gasteiger partial charge < -0.3 is 9.84 Å². The number of alkyl halides is 3. The quantitative estimate of drug-likeness (QED) is 0.726. The Morgan fingerprint density at radius 3 is 2.79 bits per heavy atom. The number of rotatable bonds is 1. The molecule has 2 heterocycles. The molecule has 0 radical (unpaired) electrons. The van der Waals surface area contributed by atoms with Crippen molar-refractivity contribution in [2.24, 2.45) is 0 Å². The van der Waals surface area contributed by atoms with E-state index in [1.807, 2.05) is 4.90 Å². The number of fused-ring (bicyclic) bond motifs is 1. The van der Waals surface area contributed by atoms with Crippen LogP contribution < -0.4 is 0 Å². The number of aliphatic hydroxyl groups excluding tert-OH is 1. The minimum Gasteiger partial charge on any atom is -0.394 e. The van der Waals surface area contributed by atoms with Crippen LogP contribution in [0.25, 0.3) is 0 Å². The number of hydrogen-bond acceptors (Lipinski definition) is 3. The van der Waals surface area contributed by atoms with Crippen LogP contribution in [0.2, 0.25) is 0 Å². The van der Waals surface area contributed by atoms with Crippen molar-refractivity contribution < 1.29 is 9.84 Å². The molecule has 0 saturated carbocycles. The molecule has 1 N–H and O–H groups in total. The van der Waals surface area contributed by atoms with E-state index in [1.54, 1.807) is 0 Å². The molecule has 2 saturated heterocycles. The van der Waals surface area contributed by atoms with Gasteiger partial charge in [0.15, 0.2) is 6.23 Å². The molecule has 0 aliphatic carbocycles. The summed E-state index contributed by atoms with van der Waals surface area (Å²) >= 11 is 17.4. The van der Waals surface area contributed by atoms with Gasteiger partial charge >= 0.3 is 0 Å². The first kappa shape index (κ1) is 11.2. The summed E-state index contributed by atoms with van der Waals surface area (Å²) in [4.78, 5) is 1.97. The Hall–Kier alpha value is 0.750. The Bertz CT molecular complexity index is 233. The average molecular weight is 261 g/mol. The Kier molecular flexibility index (Phi) is 2.93. The second kappa shape index (κ2) is 3.65. The van der Waals surface area contributed by atoms with E-state index >= 15 is 0 Å². The molecular weight excluding hydrogens is 248 g/mol. The fourth-order valence-corrected chi connectivity index (χ4v) is 2.83. The maximum absolute atomic E-state index is 9.36. The first-order valence-electron chi connectivity index (χ1n) is 4.55. The largest absolute Gasteiger partial charge is 0.394 e. The Labute approximate surface area is 97.9 Å². The van der Waals surface area contributed by atoms with Crippen molar-refractivity contribution in [1.82, 2.24) is 4.90 Å². The van der Waals surface area contributed by atoms with Gasteiger partial charge in [0, 0.05) is 6.54 Å². The zero-order valence-corrected chi connectivity index (χ0v) is 9.82. The average Bonchev–Trinajstić information content (AvgIpc) is 2.57. The topological polar surface area (TPSA) is 32.7 Å². The predicted molar refractivity (Wildman–Crippen MR) is 55.8 cm³/mol. The lowest BCUT2D eigenvalue weighted by atomic mass is 10.00. The van der Waals surface area contributed by atoms with Gasteiger partial charge in [0.05, 0.1) is 18.8 Å². The summed E-state index contributed by atoms with van der Waals surface area (Å²) in [7, 11) is 0. The number of hydrogen-bond donors (Lipinski definition) is 1. The molecular formula is C8H12Cl3NO2. The summed E-state index contributed by atoms with van der Waals surface area (Å²) in [5.74, 6) is 0. The highest BCUT2D eigenvalue weighted by atomic mass is 35.6. The van der Waals surface area contributed by atoms with Crippen LogP contribution in [0.4, 0.5) is 0 Å². The summed E-state index contributed by atoms with van der Waals surface area (Å²) in [5.41, 5.74) is -0.311. The minimum atomic E-state index is -1.44. The third-order valence-corrected chi connectivity index (χ3v) is 3.58. The molecule has 0 aromatic carbocycles. The molecule has 3 nitrogen and oxygen atoms in total. The summed E-state index contributed by atoms with van der Waals surface area (Å²) in [6, 6.07) is 0. The number of nitrogens with zero attached hydrogens (tertiary/aromatic N) is 1. The van der Waals surface area contributed by atoms with Crippen molar-refractivity contribution in [3.8, 4) is 0 Å². The lowest BCUT2D eigenvalue weighted by Crippen LogP contribution is -2.50. The second-order valence-corrected chi connectivity index (χ2v) is 6.25. The molecule has 0 aromatic rings. The third-order valence-electron chi connectivity index (χ3n) is 3.02. The molecule has 6 heteroatoms. The van der Waals surface area contributed by atoms with Gasteiger partial charge in [-0.1, -0.05) is 34.8 Å². The zero-order chi connectivity index (χ0) is 10.4. The molecule has 2 aliphatic heterocycles. The van der Waals surface area contributed by atoms with E-state index in [0.29, 0.717) is 6.61 Å². The van der Waals surface area contributed by atoms with Gasteiger partial charge in [0.2, 0.25) is 3.79 Å². The summed E-state index contributed by atoms with van der Waals surface area (Å²) in [6.07, 6.45) is 1.39. The van der Waals surface area contributed by atoms with Crippen LogP contribution >= 0.6 is 34.8 Å². The maximum Gasteiger partial charge on any atom is 0.229 e. The number of ether oxygens (including phenoxy) is 1. The lowest BCUT2D eigenvalue weighted by Gasteiger charge is -2.33. The van der Waals surface area contributed by atoms with E-state index in [0.717, 1.165) is 19.4 Å². The Morgan fingerprint density at radius 1 is 1.50 bits per heavy atom. The molecule has 2 aliphatic rings. The van der Waals surface area contributed by atoms with E-state index < -0.39 is 10.0 Å². The molecule has 2 atom stereocenters. The first-order chi connectivity index (χ1) is 6.49. The van der Waals surface area contributed by atoms with E-state index in [4.69, 9.17) is 39.5 Å². The van der Waals surface area contributed by atoms with Crippen LogP contribution in [0.1, 0.15) is 12.8 Å². The van der Waals surface area contributed by atoms with Gasteiger partial charge in [-0.2, -0.15) is 0 Å². The SMILES string of the molecule is OC[C@@]12CCCN1[C@@H](C(Cl)(Cl)Cl)OC2. The van der Waals surface area contributed by atoms with E-state index in [2.05, 4.69) is 0 Å². The normalized spacial score (nSPS) is 39.0. The second-order valence-electron chi connectivity index (χ2n) is 3.88. The van der Waals surface area contributed by atoms with Gasteiger partial charge in [-0.05, 0) is 12.8 Å². The van der Waals surface area contributed by atoms with Crippen molar-refractivity contribution in [3.63, 3.8) is 0 Å². The molecule has 0 bridgehead atoms. The van der Waals surface area contributed by atoms with Gasteiger partial charge in [-0.3, -0.25) is 4.90 Å². The molecule has 0 amide bonds. The molecule has 2 fully saturated rings. The molecule has 0 unspecified atom stereocenters. The van der Waals surface area contributed by atoms with Crippen LogP contribution in [-0.4, -0.2) is 45.3 Å². The highest BCUT2D eigenvalue weighted by Gasteiger charge is 2.55. The first-order valence-corrected chi connectivity index (χ1v) is 5.69. The van der Waals surface area contributed by atoms with Crippen molar-refractivity contribution in [2.75, 3.05) is 19.8 Å². The molecule has 2 rings (SSSR count). The van der Waals surface area contributed by atoms with Crippen LogP contribution in [0.15, 0.2) is 0 Å². The number of halogens is 3. The van der Waals surface area contributed by atoms with E-state index in [-0.39, 0.29) is 12.1 Å². The van der Waals surface area contributed by atoms with Crippen LogP contribution in [-0.2, 0) is 4.74 Å². The molecule has 82 valence electrons. The smallest absolute Gasteiger partial charge is 0.229 e. The van der Waals surface area contributed by atoms with Crippen LogP contribution in [0.5, 0.6) is 0 Å². The highest BCUT2D eigenvalue weighted by Crippen LogP contribution is 2.45. The van der Waals surface area contributed by atoms with E-state index in [1.165, 1.54) is 0 Å². The Balaban J connectivity index is 2.20. The molecule has 14 heavy (non-hydrogen) atoms. The lowest BCUT2D eigenvalue weighted by molar-refractivity contribution is 0.0313. The minimum absolute atomic E-state index is 0.0598. The predicted octanol–water partition coefficient (Wildman–Crippen LogP) is 1.54. The zero-order valence-electron chi connectivity index (χ0n) is 7.55. The van der Waals surface area contributed by atoms with Crippen molar-refractivity contribution in [2.45, 2.75) is 28.4 Å². The van der Waals surface area contributed by atoms with Gasteiger partial charge in [0.25, 0.3) is 0 Å². The van der Waals surface area contributed by atoms with Gasteiger partial charge in [0.1, 0.15) is 0 Å². The van der Waals surface area contributed by atoms with E-state index in [9.17, 15) is 5.11 Å². The monoisotopic (exact) mass is 259 g/mol. The summed E-state index contributed by atoms with van der Waals surface area (Å²) in [6.45, 7) is 1.32. The molecule has 0 spiro atoms. The van der Waals surface area contributed by atoms with Crippen LogP contribution in [0, 0.1) is 0 Å². The fourth-order valence-electron chi connectivity index (χ4n) is 2.29. The third kappa shape index (κ3) is 1.64. The van der Waals surface area contributed by atoms with Crippen molar-refractivity contribution in [3.05, 3.63) is 0 Å². The highest BCUT2D eigenvalue weighted by molar-refractivity contribution is 6.68. The molecule has 0 aromatic heterocycles. The fraction of sp³-hybridized carbons (Fsp3) is 1.00. The summed E-state index contributed by atoms with van der Waals surface area (Å²) < 4.78 is 4.01. The summed E-state index contributed by atoms with van der Waals surface area (Å²) in [5, 5.41) is 9.36. The van der Waals surface area contributed by atoms with Crippen molar-refractivity contribution >= 4 is 34.8 Å². The van der Waals surface area contributed by atoms with Gasteiger partial charge in [-0.25, -0.2) is 0 Å². The number of aliphatic hydroxyl groups is 1.